The molecule has 0 spiro atoms. The summed E-state index contributed by atoms with van der Waals surface area (Å²) in [5, 5.41) is 3.73. The van der Waals surface area contributed by atoms with E-state index in [1.54, 1.807) is 0 Å². The molecule has 3 unspecified atom stereocenters. The highest BCUT2D eigenvalue weighted by Gasteiger charge is 2.45. The average Bonchev–Trinajstić information content (AvgIpc) is 2.95. The van der Waals surface area contributed by atoms with E-state index in [9.17, 15) is 0 Å². The highest BCUT2D eigenvalue weighted by atomic mass is 15.0. The van der Waals surface area contributed by atoms with Gasteiger partial charge in [-0.25, -0.2) is 4.85 Å². The number of fused-ring (bicyclic) bond motifs is 3. The molecule has 3 nitrogen and oxygen atoms in total. The van der Waals surface area contributed by atoms with Gasteiger partial charge in [-0.2, -0.15) is 0 Å². The van der Waals surface area contributed by atoms with Gasteiger partial charge in [0.25, 0.3) is 0 Å². The van der Waals surface area contributed by atoms with Crippen LogP contribution in [0.15, 0.2) is 18.2 Å². The lowest BCUT2D eigenvalue weighted by Gasteiger charge is -2.45. The van der Waals surface area contributed by atoms with Crippen molar-refractivity contribution in [2.24, 2.45) is 17.1 Å². The molecule has 1 saturated carbocycles. The summed E-state index contributed by atoms with van der Waals surface area (Å²) >= 11 is 0. The van der Waals surface area contributed by atoms with Gasteiger partial charge in [0.1, 0.15) is 0 Å². The lowest BCUT2D eigenvalue weighted by molar-refractivity contribution is 0.222. The Balaban J connectivity index is 2.04. The van der Waals surface area contributed by atoms with Crippen LogP contribution in [0.5, 0.6) is 0 Å². The van der Waals surface area contributed by atoms with Crippen LogP contribution in [-0.2, 0) is 0 Å². The van der Waals surface area contributed by atoms with Gasteiger partial charge in [-0.15, -0.1) is 0 Å². The van der Waals surface area contributed by atoms with Crippen molar-refractivity contribution in [3.8, 4) is 0 Å². The van der Waals surface area contributed by atoms with Crippen LogP contribution in [0.25, 0.3) is 4.85 Å². The molecule has 3 heteroatoms. The summed E-state index contributed by atoms with van der Waals surface area (Å²) in [4.78, 5) is 3.58. The van der Waals surface area contributed by atoms with Crippen molar-refractivity contribution in [2.45, 2.75) is 45.1 Å². The third-order valence-corrected chi connectivity index (χ3v) is 5.24. The maximum Gasteiger partial charge on any atom is 0.187 e. The second-order valence-corrected chi connectivity index (χ2v) is 6.90. The van der Waals surface area contributed by atoms with E-state index in [-0.39, 0.29) is 5.41 Å². The Morgan fingerprint density at radius 2 is 2.20 bits per heavy atom. The first-order valence-electron chi connectivity index (χ1n) is 7.55. The Bertz CT molecular complexity index is 556. The highest BCUT2D eigenvalue weighted by molar-refractivity contribution is 5.64. The van der Waals surface area contributed by atoms with Gasteiger partial charge in [0.2, 0.25) is 0 Å². The molecule has 1 aromatic rings. The predicted octanol–water partition coefficient (Wildman–Crippen LogP) is 3.90. The minimum absolute atomic E-state index is 0.101. The predicted molar refractivity (Wildman–Crippen MR) is 83.0 cm³/mol. The van der Waals surface area contributed by atoms with Crippen molar-refractivity contribution in [1.82, 2.24) is 0 Å². The summed E-state index contributed by atoms with van der Waals surface area (Å²) < 4.78 is 0. The Morgan fingerprint density at radius 1 is 1.40 bits per heavy atom. The van der Waals surface area contributed by atoms with Crippen LogP contribution in [0, 0.1) is 17.9 Å². The third-order valence-electron chi connectivity index (χ3n) is 5.24. The van der Waals surface area contributed by atoms with Crippen molar-refractivity contribution < 1.29 is 0 Å². The van der Waals surface area contributed by atoms with Crippen molar-refractivity contribution in [3.05, 3.63) is 35.2 Å². The van der Waals surface area contributed by atoms with E-state index in [2.05, 4.69) is 36.1 Å². The molecule has 3 N–H and O–H groups in total. The number of nitrogens with two attached hydrogens (primary N) is 1. The molecule has 0 aromatic heterocycles. The molecule has 0 saturated heterocycles. The van der Waals surface area contributed by atoms with Gasteiger partial charge in [-0.1, -0.05) is 32.4 Å². The Morgan fingerprint density at radius 3 is 2.90 bits per heavy atom. The molecule has 0 amide bonds. The zero-order valence-corrected chi connectivity index (χ0v) is 12.3. The lowest BCUT2D eigenvalue weighted by atomic mass is 9.69. The highest BCUT2D eigenvalue weighted by Crippen LogP contribution is 2.52. The minimum Gasteiger partial charge on any atom is -0.381 e. The first kappa shape index (κ1) is 13.5. The second kappa shape index (κ2) is 4.79. The third kappa shape index (κ3) is 1.99. The van der Waals surface area contributed by atoms with Crippen LogP contribution < -0.4 is 11.1 Å². The summed E-state index contributed by atoms with van der Waals surface area (Å²) in [7, 11) is 0. The summed E-state index contributed by atoms with van der Waals surface area (Å²) in [5.41, 5.74) is 9.43. The molecule has 0 radical (unpaired) electrons. The zero-order valence-electron chi connectivity index (χ0n) is 12.3. The molecular formula is C17H23N3. The molecule has 1 aliphatic heterocycles. The van der Waals surface area contributed by atoms with Gasteiger partial charge < -0.3 is 11.1 Å². The number of benzene rings is 1. The molecule has 1 heterocycles. The van der Waals surface area contributed by atoms with Crippen LogP contribution >= 0.6 is 0 Å². The first-order chi connectivity index (χ1) is 9.56. The largest absolute Gasteiger partial charge is 0.381 e. The summed E-state index contributed by atoms with van der Waals surface area (Å²) in [5.74, 6) is 1.26. The van der Waals surface area contributed by atoms with Crippen molar-refractivity contribution in [2.75, 3.05) is 11.9 Å². The standard InChI is InChI=1S/C17H23N3/c1-17(2,10-18)16-13-6-4-5-12(13)14-9-11(19-3)7-8-15(14)20-16/h7-9,12-13,16,20H,4-6,10,18H2,1-2H3. The number of anilines is 1. The number of hydrogen-bond acceptors (Lipinski definition) is 2. The number of nitrogens with zero attached hydrogens (tertiary/aromatic N) is 1. The maximum absolute atomic E-state index is 7.21. The summed E-state index contributed by atoms with van der Waals surface area (Å²) in [6, 6.07) is 6.52. The number of rotatable bonds is 2. The van der Waals surface area contributed by atoms with E-state index < -0.39 is 0 Å². The van der Waals surface area contributed by atoms with Crippen LogP contribution in [0.1, 0.15) is 44.6 Å². The summed E-state index contributed by atoms with van der Waals surface area (Å²) in [6.07, 6.45) is 3.81. The molecule has 106 valence electrons. The van der Waals surface area contributed by atoms with E-state index in [0.29, 0.717) is 24.4 Å². The first-order valence-corrected chi connectivity index (χ1v) is 7.55. The van der Waals surface area contributed by atoms with Crippen LogP contribution in [-0.4, -0.2) is 12.6 Å². The smallest absolute Gasteiger partial charge is 0.187 e. The van der Waals surface area contributed by atoms with Crippen LogP contribution in [0.2, 0.25) is 0 Å². The molecule has 1 fully saturated rings. The Hall–Kier alpha value is -1.53. The fraction of sp³-hybridized carbons (Fsp3) is 0.588. The molecular weight excluding hydrogens is 246 g/mol. The van der Waals surface area contributed by atoms with Gasteiger partial charge in [0.15, 0.2) is 5.69 Å². The molecule has 20 heavy (non-hydrogen) atoms. The Labute approximate surface area is 121 Å². The van der Waals surface area contributed by atoms with Gasteiger partial charge in [-0.05, 0) is 48.3 Å². The fourth-order valence-corrected chi connectivity index (χ4v) is 4.01. The quantitative estimate of drug-likeness (QED) is 0.800. The van der Waals surface area contributed by atoms with E-state index in [0.717, 1.165) is 5.69 Å². The van der Waals surface area contributed by atoms with Crippen LogP contribution in [0.3, 0.4) is 0 Å². The van der Waals surface area contributed by atoms with E-state index >= 15 is 0 Å². The van der Waals surface area contributed by atoms with E-state index in [4.69, 9.17) is 12.3 Å². The SMILES string of the molecule is [C-]#[N+]c1ccc2c(c1)C1CCCC1C(C(C)(C)CN)N2. The molecule has 3 atom stereocenters. The maximum atomic E-state index is 7.21. The minimum atomic E-state index is 0.101. The van der Waals surface area contributed by atoms with Crippen LogP contribution in [0.4, 0.5) is 11.4 Å². The number of nitrogens with one attached hydrogen (secondary N) is 1. The van der Waals surface area contributed by atoms with Crippen molar-refractivity contribution in [3.63, 3.8) is 0 Å². The molecule has 3 rings (SSSR count). The zero-order chi connectivity index (χ0) is 14.3. The lowest BCUT2D eigenvalue weighted by Crippen LogP contribution is -2.49. The molecule has 1 aromatic carbocycles. The summed E-state index contributed by atoms with van der Waals surface area (Å²) in [6.45, 7) is 12.4. The van der Waals surface area contributed by atoms with Crippen molar-refractivity contribution in [1.29, 1.82) is 0 Å². The van der Waals surface area contributed by atoms with Gasteiger partial charge >= 0.3 is 0 Å². The molecule has 0 bridgehead atoms. The normalized spacial score (nSPS) is 28.2. The van der Waals surface area contributed by atoms with Gasteiger partial charge in [0.05, 0.1) is 6.57 Å². The average molecular weight is 269 g/mol. The second-order valence-electron chi connectivity index (χ2n) is 6.90. The topological polar surface area (TPSA) is 42.4 Å². The van der Waals surface area contributed by atoms with E-state index in [1.807, 2.05) is 6.07 Å². The van der Waals surface area contributed by atoms with Crippen molar-refractivity contribution >= 4 is 11.4 Å². The Kier molecular flexibility index (Phi) is 3.22. The van der Waals surface area contributed by atoms with E-state index in [1.165, 1.54) is 30.5 Å². The molecule has 2 aliphatic rings. The van der Waals surface area contributed by atoms with Gasteiger partial charge in [0, 0.05) is 11.7 Å². The number of hydrogen-bond donors (Lipinski definition) is 2. The fourth-order valence-electron chi connectivity index (χ4n) is 4.01. The monoisotopic (exact) mass is 269 g/mol. The van der Waals surface area contributed by atoms with Gasteiger partial charge in [-0.3, -0.25) is 0 Å². The molecule has 1 aliphatic carbocycles.